The summed E-state index contributed by atoms with van der Waals surface area (Å²) in [6.07, 6.45) is 0.449. The van der Waals surface area contributed by atoms with Crippen molar-refractivity contribution < 1.29 is 19.0 Å². The Kier molecular flexibility index (Phi) is 3.52. The summed E-state index contributed by atoms with van der Waals surface area (Å²) >= 11 is 0. The molecule has 0 amide bonds. The van der Waals surface area contributed by atoms with Gasteiger partial charge in [-0.2, -0.15) is 0 Å². The van der Waals surface area contributed by atoms with Gasteiger partial charge in [0.2, 0.25) is 6.79 Å². The quantitative estimate of drug-likeness (QED) is 0.753. The molecule has 0 aromatic heterocycles. The Morgan fingerprint density at radius 2 is 2.12 bits per heavy atom. The van der Waals surface area contributed by atoms with Crippen LogP contribution in [0.4, 0.5) is 0 Å². The monoisotopic (exact) mass is 236 g/mol. The van der Waals surface area contributed by atoms with Gasteiger partial charge in [-0.05, 0) is 23.6 Å². The van der Waals surface area contributed by atoms with E-state index in [1.807, 2.05) is 32.0 Å². The number of ether oxygens (including phenoxy) is 3. The van der Waals surface area contributed by atoms with E-state index in [1.54, 1.807) is 0 Å². The van der Waals surface area contributed by atoms with Gasteiger partial charge < -0.3 is 14.2 Å². The Labute approximate surface area is 100 Å². The summed E-state index contributed by atoms with van der Waals surface area (Å²) in [5.41, 5.74) is 0.909. The first kappa shape index (κ1) is 11.8. The maximum Gasteiger partial charge on any atom is 0.306 e. The van der Waals surface area contributed by atoms with Crippen LogP contribution in [0, 0.1) is 5.92 Å². The molecule has 1 aliphatic heterocycles. The first-order valence-corrected chi connectivity index (χ1v) is 5.69. The maximum absolute atomic E-state index is 11.4. The summed E-state index contributed by atoms with van der Waals surface area (Å²) in [7, 11) is 0. The highest BCUT2D eigenvalue weighted by Gasteiger charge is 2.14. The molecule has 0 unspecified atom stereocenters. The third kappa shape index (κ3) is 3.12. The smallest absolute Gasteiger partial charge is 0.306 e. The SMILES string of the molecule is CC(C)CC(=O)OCc1ccc2c(c1)OCO2. The van der Waals surface area contributed by atoms with E-state index in [-0.39, 0.29) is 19.4 Å². The summed E-state index contributed by atoms with van der Waals surface area (Å²) in [6, 6.07) is 5.54. The molecule has 0 aliphatic carbocycles. The fourth-order valence-electron chi connectivity index (χ4n) is 1.59. The van der Waals surface area contributed by atoms with Gasteiger partial charge in [-0.3, -0.25) is 4.79 Å². The maximum atomic E-state index is 11.4. The van der Waals surface area contributed by atoms with Crippen LogP contribution in [-0.4, -0.2) is 12.8 Å². The molecule has 4 heteroatoms. The lowest BCUT2D eigenvalue weighted by Crippen LogP contribution is -2.07. The number of hydrogen-bond acceptors (Lipinski definition) is 4. The van der Waals surface area contributed by atoms with Crippen LogP contribution in [0.3, 0.4) is 0 Å². The zero-order chi connectivity index (χ0) is 12.3. The van der Waals surface area contributed by atoms with Crippen molar-refractivity contribution in [1.82, 2.24) is 0 Å². The molecule has 0 fully saturated rings. The summed E-state index contributed by atoms with van der Waals surface area (Å²) < 4.78 is 15.6. The average Bonchev–Trinajstić information content (AvgIpc) is 2.72. The van der Waals surface area contributed by atoms with Crippen molar-refractivity contribution in [3.8, 4) is 11.5 Å². The Balaban J connectivity index is 1.89. The van der Waals surface area contributed by atoms with Gasteiger partial charge in [0.05, 0.1) is 0 Å². The number of carbonyl (C=O) groups is 1. The van der Waals surface area contributed by atoms with Crippen LogP contribution in [0.15, 0.2) is 18.2 Å². The summed E-state index contributed by atoms with van der Waals surface area (Å²) in [5.74, 6) is 1.60. The van der Waals surface area contributed by atoms with Gasteiger partial charge in [-0.25, -0.2) is 0 Å². The van der Waals surface area contributed by atoms with Gasteiger partial charge in [0.15, 0.2) is 11.5 Å². The second kappa shape index (κ2) is 5.08. The van der Waals surface area contributed by atoms with Crippen molar-refractivity contribution in [1.29, 1.82) is 0 Å². The topological polar surface area (TPSA) is 44.8 Å². The lowest BCUT2D eigenvalue weighted by Gasteiger charge is -2.07. The minimum absolute atomic E-state index is 0.169. The van der Waals surface area contributed by atoms with E-state index >= 15 is 0 Å². The van der Waals surface area contributed by atoms with E-state index in [4.69, 9.17) is 14.2 Å². The van der Waals surface area contributed by atoms with E-state index in [9.17, 15) is 4.79 Å². The van der Waals surface area contributed by atoms with Crippen molar-refractivity contribution in [3.63, 3.8) is 0 Å². The average molecular weight is 236 g/mol. The zero-order valence-corrected chi connectivity index (χ0v) is 10.1. The van der Waals surface area contributed by atoms with Crippen LogP contribution in [0.1, 0.15) is 25.8 Å². The number of benzene rings is 1. The van der Waals surface area contributed by atoms with Crippen molar-refractivity contribution in [2.45, 2.75) is 26.9 Å². The minimum atomic E-state index is -0.169. The molecular weight excluding hydrogens is 220 g/mol. The lowest BCUT2D eigenvalue weighted by atomic mass is 10.1. The van der Waals surface area contributed by atoms with Gasteiger partial charge in [0.25, 0.3) is 0 Å². The summed E-state index contributed by atoms with van der Waals surface area (Å²) in [5, 5.41) is 0. The normalized spacial score (nSPS) is 12.9. The van der Waals surface area contributed by atoms with Crippen LogP contribution in [0.5, 0.6) is 11.5 Å². The Hall–Kier alpha value is -1.71. The highest BCUT2D eigenvalue weighted by molar-refractivity contribution is 5.69. The third-order valence-corrected chi connectivity index (χ3v) is 2.41. The molecule has 1 aromatic rings. The molecule has 1 heterocycles. The minimum Gasteiger partial charge on any atom is -0.461 e. The van der Waals surface area contributed by atoms with Crippen LogP contribution in [-0.2, 0) is 16.1 Å². The van der Waals surface area contributed by atoms with Crippen molar-refractivity contribution in [2.24, 2.45) is 5.92 Å². The predicted molar refractivity (Wildman–Crippen MR) is 61.8 cm³/mol. The first-order valence-electron chi connectivity index (χ1n) is 5.69. The van der Waals surface area contributed by atoms with Crippen molar-refractivity contribution >= 4 is 5.97 Å². The first-order chi connectivity index (χ1) is 8.15. The molecule has 4 nitrogen and oxygen atoms in total. The third-order valence-electron chi connectivity index (χ3n) is 2.41. The van der Waals surface area contributed by atoms with Crippen molar-refractivity contribution in [3.05, 3.63) is 23.8 Å². The largest absolute Gasteiger partial charge is 0.461 e. The van der Waals surface area contributed by atoms with E-state index in [0.717, 1.165) is 11.3 Å². The summed E-state index contributed by atoms with van der Waals surface area (Å²) in [6.45, 7) is 4.51. The number of rotatable bonds is 4. The number of hydrogen-bond donors (Lipinski definition) is 0. The van der Waals surface area contributed by atoms with E-state index in [0.29, 0.717) is 18.1 Å². The Morgan fingerprint density at radius 1 is 1.35 bits per heavy atom. The highest BCUT2D eigenvalue weighted by Crippen LogP contribution is 2.32. The second-order valence-electron chi connectivity index (χ2n) is 4.45. The van der Waals surface area contributed by atoms with Crippen molar-refractivity contribution in [2.75, 3.05) is 6.79 Å². The van der Waals surface area contributed by atoms with E-state index < -0.39 is 0 Å². The lowest BCUT2D eigenvalue weighted by molar-refractivity contribution is -0.145. The molecule has 0 bridgehead atoms. The molecule has 0 radical (unpaired) electrons. The van der Waals surface area contributed by atoms with E-state index in [1.165, 1.54) is 0 Å². The predicted octanol–water partition coefficient (Wildman–Crippen LogP) is 2.50. The molecule has 1 aromatic carbocycles. The second-order valence-corrected chi connectivity index (χ2v) is 4.45. The molecule has 0 N–H and O–H groups in total. The molecule has 0 saturated carbocycles. The Bertz CT molecular complexity index is 412. The number of fused-ring (bicyclic) bond motifs is 1. The van der Waals surface area contributed by atoms with Crippen LogP contribution < -0.4 is 9.47 Å². The van der Waals surface area contributed by atoms with Gasteiger partial charge in [0, 0.05) is 6.42 Å². The molecular formula is C13H16O4. The zero-order valence-electron chi connectivity index (χ0n) is 10.1. The molecule has 92 valence electrons. The molecule has 2 rings (SSSR count). The molecule has 0 atom stereocenters. The van der Waals surface area contributed by atoms with Gasteiger partial charge in [-0.1, -0.05) is 19.9 Å². The van der Waals surface area contributed by atoms with Crippen LogP contribution in [0.25, 0.3) is 0 Å². The molecule has 0 spiro atoms. The number of esters is 1. The standard InChI is InChI=1S/C13H16O4/c1-9(2)5-13(14)15-7-10-3-4-11-12(6-10)17-8-16-11/h3-4,6,9H,5,7-8H2,1-2H3. The van der Waals surface area contributed by atoms with Gasteiger partial charge >= 0.3 is 5.97 Å². The fourth-order valence-corrected chi connectivity index (χ4v) is 1.59. The highest BCUT2D eigenvalue weighted by atomic mass is 16.7. The molecule has 1 aliphatic rings. The Morgan fingerprint density at radius 3 is 2.88 bits per heavy atom. The fraction of sp³-hybridized carbons (Fsp3) is 0.462. The van der Waals surface area contributed by atoms with Gasteiger partial charge in [0.1, 0.15) is 6.61 Å². The summed E-state index contributed by atoms with van der Waals surface area (Å²) in [4.78, 5) is 11.4. The van der Waals surface area contributed by atoms with Crippen LogP contribution >= 0.6 is 0 Å². The molecule has 17 heavy (non-hydrogen) atoms. The van der Waals surface area contributed by atoms with Gasteiger partial charge in [-0.15, -0.1) is 0 Å². The molecule has 0 saturated heterocycles. The van der Waals surface area contributed by atoms with E-state index in [2.05, 4.69) is 0 Å². The van der Waals surface area contributed by atoms with Crippen LogP contribution in [0.2, 0.25) is 0 Å². The number of carbonyl (C=O) groups excluding carboxylic acids is 1.